The molecule has 1 saturated heterocycles. The molecule has 1 amide bonds. The van der Waals surface area contributed by atoms with E-state index in [1.165, 1.54) is 67.9 Å². The summed E-state index contributed by atoms with van der Waals surface area (Å²) < 4.78 is 24.0. The molecule has 0 spiro atoms. The molecule has 1 aliphatic rings. The molecule has 1 aliphatic heterocycles. The number of carbonyl (C=O) groups excluding carboxylic acids is 2. The van der Waals surface area contributed by atoms with E-state index in [1.807, 2.05) is 0 Å². The quantitative estimate of drug-likeness (QED) is 0.316. The Morgan fingerprint density at radius 1 is 1.06 bits per heavy atom. The van der Waals surface area contributed by atoms with Crippen molar-refractivity contribution in [1.29, 1.82) is 0 Å². The van der Waals surface area contributed by atoms with E-state index in [0.717, 1.165) is 0 Å². The van der Waals surface area contributed by atoms with E-state index in [4.69, 9.17) is 21.1 Å². The first kappa shape index (κ1) is 23.3. The maximum absolute atomic E-state index is 13.4. The van der Waals surface area contributed by atoms with Crippen LogP contribution in [0.3, 0.4) is 0 Å². The van der Waals surface area contributed by atoms with Gasteiger partial charge in [0, 0.05) is 25.0 Å². The molecule has 2 heterocycles. The highest BCUT2D eigenvalue weighted by Gasteiger charge is 2.46. The van der Waals surface area contributed by atoms with E-state index in [-0.39, 0.29) is 34.2 Å². The van der Waals surface area contributed by atoms with Crippen LogP contribution in [0, 0.1) is 5.82 Å². The van der Waals surface area contributed by atoms with Crippen LogP contribution in [-0.4, -0.2) is 40.9 Å². The van der Waals surface area contributed by atoms with Crippen molar-refractivity contribution >= 4 is 29.1 Å². The van der Waals surface area contributed by atoms with Crippen molar-refractivity contribution in [2.45, 2.75) is 12.6 Å². The molecule has 2 aromatic carbocycles. The van der Waals surface area contributed by atoms with Crippen molar-refractivity contribution < 1.29 is 28.6 Å². The number of pyridine rings is 1. The average molecular weight is 483 g/mol. The Morgan fingerprint density at radius 3 is 2.32 bits per heavy atom. The molecule has 0 bridgehead atoms. The summed E-state index contributed by atoms with van der Waals surface area (Å²) in [6.07, 6.45) is 3.05. The molecular weight excluding hydrogens is 463 g/mol. The highest BCUT2D eigenvalue weighted by atomic mass is 35.5. The van der Waals surface area contributed by atoms with Gasteiger partial charge in [-0.25, -0.2) is 4.39 Å². The number of ether oxygens (including phenoxy) is 2. The van der Waals surface area contributed by atoms with Gasteiger partial charge in [-0.05, 0) is 41.5 Å². The number of aliphatic hydroxyl groups is 1. The van der Waals surface area contributed by atoms with Crippen LogP contribution >= 0.6 is 11.6 Å². The smallest absolute Gasteiger partial charge is 0.295 e. The summed E-state index contributed by atoms with van der Waals surface area (Å²) in [5.74, 6) is -2.06. The third-order valence-electron chi connectivity index (χ3n) is 5.56. The minimum absolute atomic E-state index is 0.0235. The number of methoxy groups -OCH3 is 2. The summed E-state index contributed by atoms with van der Waals surface area (Å²) in [5, 5.41) is 11.6. The van der Waals surface area contributed by atoms with Crippen molar-refractivity contribution in [3.8, 4) is 11.5 Å². The largest absolute Gasteiger partial charge is 0.507 e. The van der Waals surface area contributed by atoms with Gasteiger partial charge in [0.1, 0.15) is 23.1 Å². The number of Topliss-reactive ketones (excluding diaryl/α,β-unsaturated/α-hetero) is 1. The van der Waals surface area contributed by atoms with Crippen LogP contribution in [0.4, 0.5) is 4.39 Å². The topological polar surface area (TPSA) is 89.0 Å². The normalized spacial score (nSPS) is 17.2. The first-order valence-corrected chi connectivity index (χ1v) is 10.6. The van der Waals surface area contributed by atoms with E-state index < -0.39 is 29.3 Å². The first-order chi connectivity index (χ1) is 16.3. The van der Waals surface area contributed by atoms with Crippen LogP contribution in [0.5, 0.6) is 11.5 Å². The van der Waals surface area contributed by atoms with Crippen molar-refractivity contribution in [2.24, 2.45) is 0 Å². The molecule has 4 rings (SSSR count). The maximum atomic E-state index is 13.4. The SMILES string of the molecule is COc1cc(/C(O)=C2\C(=O)C(=O)N(Cc3ccc(F)cc3)C2c2ccncc2)c(OC)cc1Cl. The van der Waals surface area contributed by atoms with Gasteiger partial charge < -0.3 is 19.5 Å². The number of aliphatic hydroxyl groups excluding tert-OH is 1. The number of benzene rings is 2. The summed E-state index contributed by atoms with van der Waals surface area (Å²) in [4.78, 5) is 31.6. The molecule has 3 aromatic rings. The zero-order chi connectivity index (χ0) is 24.4. The van der Waals surface area contributed by atoms with Crippen molar-refractivity contribution in [1.82, 2.24) is 9.88 Å². The van der Waals surface area contributed by atoms with Crippen LogP contribution in [0.1, 0.15) is 22.7 Å². The molecule has 1 unspecified atom stereocenters. The molecule has 9 heteroatoms. The number of ketones is 1. The lowest BCUT2D eigenvalue weighted by atomic mass is 9.95. The van der Waals surface area contributed by atoms with Gasteiger partial charge in [-0.1, -0.05) is 23.7 Å². The number of hydrogen-bond donors (Lipinski definition) is 1. The van der Waals surface area contributed by atoms with Gasteiger partial charge in [-0.2, -0.15) is 0 Å². The highest BCUT2D eigenvalue weighted by molar-refractivity contribution is 6.46. The number of amides is 1. The van der Waals surface area contributed by atoms with Crippen molar-refractivity contribution in [3.05, 3.63) is 94.0 Å². The average Bonchev–Trinajstić information content (AvgIpc) is 3.10. The number of aromatic nitrogens is 1. The molecule has 0 saturated carbocycles. The van der Waals surface area contributed by atoms with Gasteiger partial charge in [0.25, 0.3) is 11.7 Å². The minimum Gasteiger partial charge on any atom is -0.507 e. The summed E-state index contributed by atoms with van der Waals surface area (Å²) in [6.45, 7) is 0.0235. The highest BCUT2D eigenvalue weighted by Crippen LogP contribution is 2.43. The number of hydrogen-bond acceptors (Lipinski definition) is 6. The molecule has 1 fully saturated rings. The van der Waals surface area contributed by atoms with Gasteiger partial charge in [-0.15, -0.1) is 0 Å². The Morgan fingerprint density at radius 2 is 1.71 bits per heavy atom. The van der Waals surface area contributed by atoms with Gasteiger partial charge in [0.05, 0.1) is 36.4 Å². The fourth-order valence-electron chi connectivity index (χ4n) is 3.91. The van der Waals surface area contributed by atoms with Gasteiger partial charge in [0.2, 0.25) is 0 Å². The Labute approximate surface area is 200 Å². The van der Waals surface area contributed by atoms with E-state index in [2.05, 4.69) is 4.98 Å². The van der Waals surface area contributed by atoms with Gasteiger partial charge in [-0.3, -0.25) is 14.6 Å². The Hall–Kier alpha value is -3.91. The number of nitrogens with zero attached hydrogens (tertiary/aromatic N) is 2. The van der Waals surface area contributed by atoms with Gasteiger partial charge in [0.15, 0.2) is 0 Å². The van der Waals surface area contributed by atoms with E-state index >= 15 is 0 Å². The molecule has 7 nitrogen and oxygen atoms in total. The number of rotatable bonds is 6. The molecule has 1 N–H and O–H groups in total. The Kier molecular flexibility index (Phi) is 6.51. The van der Waals surface area contributed by atoms with E-state index in [9.17, 15) is 19.1 Å². The molecule has 34 heavy (non-hydrogen) atoms. The summed E-state index contributed by atoms with van der Waals surface area (Å²) in [6, 6.07) is 10.9. The first-order valence-electron chi connectivity index (χ1n) is 10.2. The summed E-state index contributed by atoms with van der Waals surface area (Å²) >= 11 is 6.18. The number of carbonyl (C=O) groups is 2. The maximum Gasteiger partial charge on any atom is 0.295 e. The third kappa shape index (κ3) is 4.20. The predicted octanol–water partition coefficient (Wildman–Crippen LogP) is 4.51. The van der Waals surface area contributed by atoms with Crippen molar-refractivity contribution in [2.75, 3.05) is 14.2 Å². The Bertz CT molecular complexity index is 1280. The monoisotopic (exact) mass is 482 g/mol. The lowest BCUT2D eigenvalue weighted by Gasteiger charge is -2.25. The van der Waals surface area contributed by atoms with Crippen LogP contribution < -0.4 is 9.47 Å². The Balaban J connectivity index is 1.90. The minimum atomic E-state index is -0.917. The van der Waals surface area contributed by atoms with Crippen LogP contribution in [0.15, 0.2) is 66.5 Å². The zero-order valence-electron chi connectivity index (χ0n) is 18.3. The van der Waals surface area contributed by atoms with Crippen LogP contribution in [-0.2, 0) is 16.1 Å². The number of halogens is 2. The van der Waals surface area contributed by atoms with Crippen molar-refractivity contribution in [3.63, 3.8) is 0 Å². The predicted molar refractivity (Wildman–Crippen MR) is 123 cm³/mol. The fourth-order valence-corrected chi connectivity index (χ4v) is 4.14. The zero-order valence-corrected chi connectivity index (χ0v) is 19.0. The number of likely N-dealkylation sites (tertiary alicyclic amines) is 1. The van der Waals surface area contributed by atoms with Gasteiger partial charge >= 0.3 is 0 Å². The molecule has 0 aliphatic carbocycles. The molecule has 0 radical (unpaired) electrons. The summed E-state index contributed by atoms with van der Waals surface area (Å²) in [5.41, 5.74) is 1.20. The van der Waals surface area contributed by atoms with Crippen LogP contribution in [0.25, 0.3) is 5.76 Å². The molecule has 1 atom stereocenters. The summed E-state index contributed by atoms with van der Waals surface area (Å²) in [7, 11) is 2.80. The second-order valence-corrected chi connectivity index (χ2v) is 7.93. The van der Waals surface area contributed by atoms with E-state index in [1.54, 1.807) is 12.1 Å². The third-order valence-corrected chi connectivity index (χ3v) is 5.85. The molecule has 174 valence electrons. The van der Waals surface area contributed by atoms with E-state index in [0.29, 0.717) is 11.1 Å². The standard InChI is InChI=1S/C25H20ClFN2O5/c1-33-19-12-18(26)20(34-2)11-17(19)23(30)21-22(15-7-9-28-10-8-15)29(25(32)24(21)31)13-14-3-5-16(27)6-4-14/h3-12,22,30H,13H2,1-2H3/b23-21+. The second kappa shape index (κ2) is 9.52. The molecule has 1 aromatic heterocycles. The lowest BCUT2D eigenvalue weighted by molar-refractivity contribution is -0.140. The second-order valence-electron chi connectivity index (χ2n) is 7.52. The van der Waals surface area contributed by atoms with Crippen LogP contribution in [0.2, 0.25) is 5.02 Å². The molecular formula is C25H20ClFN2O5. The fraction of sp³-hybridized carbons (Fsp3) is 0.160. The lowest BCUT2D eigenvalue weighted by Crippen LogP contribution is -2.29.